The number of hydrogen-bond donors (Lipinski definition) is 1. The van der Waals surface area contributed by atoms with Gasteiger partial charge in [0.2, 0.25) is 10.0 Å². The van der Waals surface area contributed by atoms with Gasteiger partial charge in [0.25, 0.3) is 0 Å². The number of benzene rings is 2. The Morgan fingerprint density at radius 2 is 1.87 bits per heavy atom. The van der Waals surface area contributed by atoms with E-state index in [0.717, 1.165) is 22.4 Å². The first-order chi connectivity index (χ1) is 11.0. The van der Waals surface area contributed by atoms with E-state index >= 15 is 0 Å². The van der Waals surface area contributed by atoms with Gasteiger partial charge in [-0.1, -0.05) is 41.7 Å². The predicted molar refractivity (Wildman–Crippen MR) is 92.2 cm³/mol. The topological polar surface area (TPSA) is 68.2 Å². The first-order valence-corrected chi connectivity index (χ1v) is 9.48. The maximum Gasteiger partial charge on any atom is 0.308 e. The van der Waals surface area contributed by atoms with Crippen LogP contribution < -0.4 is 9.60 Å². The van der Waals surface area contributed by atoms with Gasteiger partial charge in [0, 0.05) is 13.1 Å². The maximum atomic E-state index is 12.4. The lowest BCUT2D eigenvalue weighted by molar-refractivity contribution is 0.581. The molecule has 5 nitrogen and oxygen atoms in total. The van der Waals surface area contributed by atoms with Crippen molar-refractivity contribution in [2.24, 2.45) is 0 Å². The number of fused-ring (bicyclic) bond motifs is 1. The third kappa shape index (κ3) is 3.21. The van der Waals surface area contributed by atoms with Crippen LogP contribution in [0.2, 0.25) is 0 Å². The summed E-state index contributed by atoms with van der Waals surface area (Å²) in [5.74, 6) is 0. The van der Waals surface area contributed by atoms with Gasteiger partial charge in [-0.3, -0.25) is 9.36 Å². The minimum absolute atomic E-state index is 0.0747. The number of aryl methyl sites for hydroxylation is 1. The molecule has 0 saturated heterocycles. The van der Waals surface area contributed by atoms with Crippen LogP contribution in [0.25, 0.3) is 10.2 Å². The van der Waals surface area contributed by atoms with Gasteiger partial charge in [0.1, 0.15) is 0 Å². The summed E-state index contributed by atoms with van der Waals surface area (Å²) in [5.41, 5.74) is 1.66. The fourth-order valence-corrected chi connectivity index (χ4v) is 4.48. The zero-order valence-corrected chi connectivity index (χ0v) is 14.2. The first kappa shape index (κ1) is 15.9. The van der Waals surface area contributed by atoms with Crippen LogP contribution in [0.15, 0.2) is 58.2 Å². The molecule has 0 amide bonds. The molecule has 0 aliphatic carbocycles. The third-order valence-corrected chi connectivity index (χ3v) is 5.92. The monoisotopic (exact) mass is 348 g/mol. The number of nitrogens with one attached hydrogen (secondary N) is 1. The quantitative estimate of drug-likeness (QED) is 0.770. The second-order valence-electron chi connectivity index (χ2n) is 5.05. The smallest absolute Gasteiger partial charge is 0.299 e. The van der Waals surface area contributed by atoms with Gasteiger partial charge in [-0.2, -0.15) is 0 Å². The Hall–Kier alpha value is -1.96. The van der Waals surface area contributed by atoms with Crippen LogP contribution in [0.1, 0.15) is 12.5 Å². The van der Waals surface area contributed by atoms with Crippen molar-refractivity contribution in [2.45, 2.75) is 24.9 Å². The van der Waals surface area contributed by atoms with Crippen molar-refractivity contribution in [3.05, 3.63) is 63.8 Å². The molecule has 2 aromatic carbocycles. The van der Waals surface area contributed by atoms with Crippen molar-refractivity contribution < 1.29 is 8.42 Å². The molecule has 0 aliphatic rings. The van der Waals surface area contributed by atoms with Crippen molar-refractivity contribution in [1.29, 1.82) is 0 Å². The van der Waals surface area contributed by atoms with Crippen molar-refractivity contribution >= 4 is 31.6 Å². The Kier molecular flexibility index (Phi) is 4.34. The highest BCUT2D eigenvalue weighted by Crippen LogP contribution is 2.21. The molecule has 0 aliphatic heterocycles. The van der Waals surface area contributed by atoms with E-state index in [1.54, 1.807) is 16.7 Å². The SMILES string of the molecule is CCn1c(=O)sc2cc(S(=O)(=O)NCc3ccccc3)ccc21. The van der Waals surface area contributed by atoms with E-state index in [9.17, 15) is 13.2 Å². The average Bonchev–Trinajstić information content (AvgIpc) is 2.88. The molecule has 0 fully saturated rings. The van der Waals surface area contributed by atoms with Gasteiger partial charge >= 0.3 is 4.87 Å². The molecular formula is C16H16N2O3S2. The second kappa shape index (κ2) is 6.27. The van der Waals surface area contributed by atoms with Crippen LogP contribution in [0.5, 0.6) is 0 Å². The van der Waals surface area contributed by atoms with Crippen LogP contribution in [0.4, 0.5) is 0 Å². The van der Waals surface area contributed by atoms with E-state index in [1.807, 2.05) is 37.3 Å². The van der Waals surface area contributed by atoms with Gasteiger partial charge in [-0.05, 0) is 30.7 Å². The highest BCUT2D eigenvalue weighted by Gasteiger charge is 2.16. The van der Waals surface area contributed by atoms with Gasteiger partial charge in [-0.15, -0.1) is 0 Å². The minimum Gasteiger partial charge on any atom is -0.299 e. The summed E-state index contributed by atoms with van der Waals surface area (Å²) in [6.45, 7) is 2.68. The zero-order chi connectivity index (χ0) is 16.4. The van der Waals surface area contributed by atoms with Gasteiger partial charge in [-0.25, -0.2) is 13.1 Å². The molecule has 1 aromatic heterocycles. The summed E-state index contributed by atoms with van der Waals surface area (Å²) >= 11 is 1.06. The predicted octanol–water partition coefficient (Wildman–Crippen LogP) is 2.56. The van der Waals surface area contributed by atoms with E-state index in [4.69, 9.17) is 0 Å². The number of rotatable bonds is 5. The van der Waals surface area contributed by atoms with E-state index in [-0.39, 0.29) is 16.3 Å². The van der Waals surface area contributed by atoms with Gasteiger partial charge in [0.15, 0.2) is 0 Å². The first-order valence-electron chi connectivity index (χ1n) is 7.18. The van der Waals surface area contributed by atoms with Crippen molar-refractivity contribution in [1.82, 2.24) is 9.29 Å². The largest absolute Gasteiger partial charge is 0.308 e. The van der Waals surface area contributed by atoms with Crippen LogP contribution >= 0.6 is 11.3 Å². The van der Waals surface area contributed by atoms with E-state index < -0.39 is 10.0 Å². The lowest BCUT2D eigenvalue weighted by Gasteiger charge is -2.07. The molecule has 3 rings (SSSR count). The van der Waals surface area contributed by atoms with Crippen molar-refractivity contribution in [3.8, 4) is 0 Å². The minimum atomic E-state index is -3.61. The number of nitrogens with zero attached hydrogens (tertiary/aromatic N) is 1. The number of aromatic nitrogens is 1. The zero-order valence-electron chi connectivity index (χ0n) is 12.5. The second-order valence-corrected chi connectivity index (χ2v) is 7.81. The molecule has 0 atom stereocenters. The van der Waals surface area contributed by atoms with Crippen LogP contribution in [-0.4, -0.2) is 13.0 Å². The fourth-order valence-electron chi connectivity index (χ4n) is 2.37. The third-order valence-electron chi connectivity index (χ3n) is 3.58. The Bertz CT molecular complexity index is 989. The molecule has 23 heavy (non-hydrogen) atoms. The molecule has 1 heterocycles. The molecule has 0 radical (unpaired) electrons. The normalized spacial score (nSPS) is 11.9. The summed E-state index contributed by atoms with van der Waals surface area (Å²) in [5, 5.41) is 0. The van der Waals surface area contributed by atoms with Crippen LogP contribution in [-0.2, 0) is 23.1 Å². The van der Waals surface area contributed by atoms with E-state index in [1.165, 1.54) is 6.07 Å². The van der Waals surface area contributed by atoms with E-state index in [2.05, 4.69) is 4.72 Å². The molecule has 3 aromatic rings. The summed E-state index contributed by atoms with van der Waals surface area (Å²) in [6, 6.07) is 14.1. The highest BCUT2D eigenvalue weighted by atomic mass is 32.2. The lowest BCUT2D eigenvalue weighted by atomic mass is 10.2. The average molecular weight is 348 g/mol. The standard InChI is InChI=1S/C16H16N2O3S2/c1-2-18-14-9-8-13(10-15(14)22-16(18)19)23(20,21)17-11-12-6-4-3-5-7-12/h3-10,17H,2,11H2,1H3. The molecular weight excluding hydrogens is 332 g/mol. The number of hydrogen-bond acceptors (Lipinski definition) is 4. The molecule has 120 valence electrons. The summed E-state index contributed by atoms with van der Waals surface area (Å²) in [4.78, 5) is 12.0. The highest BCUT2D eigenvalue weighted by molar-refractivity contribution is 7.89. The summed E-state index contributed by atoms with van der Waals surface area (Å²) < 4.78 is 29.7. The molecule has 0 bridgehead atoms. The van der Waals surface area contributed by atoms with Crippen LogP contribution in [0.3, 0.4) is 0 Å². The van der Waals surface area contributed by atoms with Crippen molar-refractivity contribution in [3.63, 3.8) is 0 Å². The molecule has 0 saturated carbocycles. The van der Waals surface area contributed by atoms with Crippen molar-refractivity contribution in [2.75, 3.05) is 0 Å². The Balaban J connectivity index is 1.91. The molecule has 1 N–H and O–H groups in total. The summed E-state index contributed by atoms with van der Waals surface area (Å²) in [6.07, 6.45) is 0. The molecule has 7 heteroatoms. The van der Waals surface area contributed by atoms with E-state index in [0.29, 0.717) is 11.2 Å². The Morgan fingerprint density at radius 1 is 1.13 bits per heavy atom. The summed E-state index contributed by atoms with van der Waals surface area (Å²) in [7, 11) is -3.61. The van der Waals surface area contributed by atoms with Gasteiger partial charge < -0.3 is 0 Å². The lowest BCUT2D eigenvalue weighted by Crippen LogP contribution is -2.23. The molecule has 0 spiro atoms. The Labute approximate surface area is 138 Å². The van der Waals surface area contributed by atoms with Gasteiger partial charge in [0.05, 0.1) is 15.1 Å². The molecule has 0 unspecified atom stereocenters. The number of sulfonamides is 1. The Morgan fingerprint density at radius 3 is 2.57 bits per heavy atom. The number of thiazole rings is 1. The fraction of sp³-hybridized carbons (Fsp3) is 0.188. The maximum absolute atomic E-state index is 12.4. The van der Waals surface area contributed by atoms with Crippen LogP contribution in [0, 0.1) is 0 Å².